The number of primary amides is 1. The van der Waals surface area contributed by atoms with Crippen LogP contribution in [-0.4, -0.2) is 48.5 Å². The molecule has 1 aromatic rings. The van der Waals surface area contributed by atoms with E-state index in [-0.39, 0.29) is 5.91 Å². The number of hydrogen-bond donors (Lipinski definition) is 1. The number of rotatable bonds is 4. The molecule has 1 unspecified atom stereocenters. The van der Waals surface area contributed by atoms with Crippen molar-refractivity contribution in [2.45, 2.75) is 51.4 Å². The summed E-state index contributed by atoms with van der Waals surface area (Å²) >= 11 is 0. The lowest BCUT2D eigenvalue weighted by Gasteiger charge is -2.42. The van der Waals surface area contributed by atoms with Crippen LogP contribution in [0.2, 0.25) is 0 Å². The molecule has 0 bridgehead atoms. The molecule has 1 aromatic heterocycles. The van der Waals surface area contributed by atoms with E-state index in [9.17, 15) is 4.79 Å². The minimum Gasteiger partial charge on any atom is -0.365 e. The SMILES string of the molecule is NC(=O)c1cccnc1N1CCC2(CCCN(CC3CCCCC3)C2)C1. The number of aromatic nitrogens is 1. The number of likely N-dealkylation sites (tertiary alicyclic amines) is 1. The fourth-order valence-corrected chi connectivity index (χ4v) is 5.49. The Morgan fingerprint density at radius 2 is 2.00 bits per heavy atom. The molecule has 3 aliphatic rings. The van der Waals surface area contributed by atoms with Crippen molar-refractivity contribution >= 4 is 11.7 Å². The Labute approximate surface area is 156 Å². The predicted octanol–water partition coefficient (Wildman–Crippen LogP) is 3.05. The minimum atomic E-state index is -0.378. The zero-order valence-electron chi connectivity index (χ0n) is 15.8. The molecule has 4 rings (SSSR count). The molecule has 5 nitrogen and oxygen atoms in total. The summed E-state index contributed by atoms with van der Waals surface area (Å²) in [4.78, 5) is 21.3. The lowest BCUT2D eigenvalue weighted by atomic mass is 9.78. The van der Waals surface area contributed by atoms with Gasteiger partial charge in [-0.15, -0.1) is 0 Å². The van der Waals surface area contributed by atoms with Gasteiger partial charge in [0.25, 0.3) is 5.91 Å². The van der Waals surface area contributed by atoms with Gasteiger partial charge in [0.2, 0.25) is 0 Å². The fraction of sp³-hybridized carbons (Fsp3) is 0.714. The first kappa shape index (κ1) is 17.8. The summed E-state index contributed by atoms with van der Waals surface area (Å²) in [6.07, 6.45) is 12.7. The summed E-state index contributed by atoms with van der Waals surface area (Å²) in [5.41, 5.74) is 6.48. The summed E-state index contributed by atoms with van der Waals surface area (Å²) in [6, 6.07) is 3.59. The molecule has 1 atom stereocenters. The van der Waals surface area contributed by atoms with Crippen LogP contribution >= 0.6 is 0 Å². The first-order valence-corrected chi connectivity index (χ1v) is 10.4. The largest absolute Gasteiger partial charge is 0.365 e. The average Bonchev–Trinajstić information content (AvgIpc) is 3.05. The van der Waals surface area contributed by atoms with Gasteiger partial charge in [-0.05, 0) is 56.7 Å². The molecule has 2 saturated heterocycles. The van der Waals surface area contributed by atoms with E-state index < -0.39 is 0 Å². The molecule has 0 radical (unpaired) electrons. The van der Waals surface area contributed by atoms with Crippen molar-refractivity contribution < 1.29 is 4.79 Å². The van der Waals surface area contributed by atoms with Crippen LogP contribution in [-0.2, 0) is 0 Å². The van der Waals surface area contributed by atoms with Gasteiger partial charge in [0.05, 0.1) is 5.56 Å². The molecule has 0 aromatic carbocycles. The molecule has 2 aliphatic heterocycles. The van der Waals surface area contributed by atoms with E-state index in [1.807, 2.05) is 0 Å². The van der Waals surface area contributed by atoms with Gasteiger partial charge in [0.1, 0.15) is 5.82 Å². The lowest BCUT2D eigenvalue weighted by Crippen LogP contribution is -2.46. The predicted molar refractivity (Wildman–Crippen MR) is 104 cm³/mol. The number of nitrogens with zero attached hydrogens (tertiary/aromatic N) is 3. The maximum atomic E-state index is 11.8. The molecule has 1 saturated carbocycles. The smallest absolute Gasteiger partial charge is 0.252 e. The number of amides is 1. The van der Waals surface area contributed by atoms with E-state index in [4.69, 9.17) is 5.73 Å². The third-order valence-corrected chi connectivity index (χ3v) is 6.77. The number of piperidine rings is 1. The summed E-state index contributed by atoms with van der Waals surface area (Å²) in [5, 5.41) is 0. The second-order valence-corrected chi connectivity index (χ2v) is 8.75. The number of hydrogen-bond acceptors (Lipinski definition) is 4. The Morgan fingerprint density at radius 3 is 2.81 bits per heavy atom. The molecule has 26 heavy (non-hydrogen) atoms. The van der Waals surface area contributed by atoms with E-state index in [1.54, 1.807) is 18.3 Å². The number of pyridine rings is 1. The van der Waals surface area contributed by atoms with E-state index in [2.05, 4.69) is 14.8 Å². The highest BCUT2D eigenvalue weighted by Crippen LogP contribution is 2.41. The second kappa shape index (κ2) is 7.55. The van der Waals surface area contributed by atoms with Crippen LogP contribution in [0.5, 0.6) is 0 Å². The average molecular weight is 357 g/mol. The number of nitrogens with two attached hydrogens (primary N) is 1. The number of anilines is 1. The van der Waals surface area contributed by atoms with Gasteiger partial charge in [-0.1, -0.05) is 19.3 Å². The monoisotopic (exact) mass is 356 g/mol. The van der Waals surface area contributed by atoms with Gasteiger partial charge in [-0.2, -0.15) is 0 Å². The first-order valence-electron chi connectivity index (χ1n) is 10.4. The second-order valence-electron chi connectivity index (χ2n) is 8.75. The maximum Gasteiger partial charge on any atom is 0.252 e. The van der Waals surface area contributed by atoms with Crippen LogP contribution in [0, 0.1) is 11.3 Å². The van der Waals surface area contributed by atoms with Crippen molar-refractivity contribution in [2.24, 2.45) is 17.1 Å². The lowest BCUT2D eigenvalue weighted by molar-refractivity contribution is 0.0838. The topological polar surface area (TPSA) is 62.5 Å². The Morgan fingerprint density at radius 1 is 1.15 bits per heavy atom. The van der Waals surface area contributed by atoms with Crippen molar-refractivity contribution in [3.63, 3.8) is 0 Å². The highest BCUT2D eigenvalue weighted by molar-refractivity contribution is 5.97. The van der Waals surface area contributed by atoms with Gasteiger partial charge >= 0.3 is 0 Å². The maximum absolute atomic E-state index is 11.8. The molecular formula is C21H32N4O. The highest BCUT2D eigenvalue weighted by atomic mass is 16.1. The Bertz CT molecular complexity index is 643. The molecule has 5 heteroatoms. The highest BCUT2D eigenvalue weighted by Gasteiger charge is 2.42. The van der Waals surface area contributed by atoms with Crippen LogP contribution < -0.4 is 10.6 Å². The van der Waals surface area contributed by atoms with Crippen molar-refractivity contribution in [3.8, 4) is 0 Å². The van der Waals surface area contributed by atoms with Gasteiger partial charge in [0.15, 0.2) is 0 Å². The normalized spacial score (nSPS) is 27.9. The van der Waals surface area contributed by atoms with Crippen molar-refractivity contribution in [2.75, 3.05) is 37.6 Å². The Kier molecular flexibility index (Phi) is 5.16. The van der Waals surface area contributed by atoms with Crippen molar-refractivity contribution in [3.05, 3.63) is 23.9 Å². The molecule has 1 spiro atoms. The van der Waals surface area contributed by atoms with Crippen LogP contribution in [0.15, 0.2) is 18.3 Å². The van der Waals surface area contributed by atoms with Crippen molar-refractivity contribution in [1.29, 1.82) is 0 Å². The summed E-state index contributed by atoms with van der Waals surface area (Å²) in [5.74, 6) is 1.31. The standard InChI is InChI=1S/C21H32N4O/c22-19(26)18-8-4-11-23-20(18)25-13-10-21(16-25)9-5-12-24(15-21)14-17-6-2-1-3-7-17/h4,8,11,17H,1-3,5-7,9-10,12-16H2,(H2,22,26). The molecule has 3 heterocycles. The van der Waals surface area contributed by atoms with Crippen LogP contribution in [0.25, 0.3) is 0 Å². The van der Waals surface area contributed by atoms with E-state index >= 15 is 0 Å². The third kappa shape index (κ3) is 3.73. The third-order valence-electron chi connectivity index (χ3n) is 6.77. The first-order chi connectivity index (χ1) is 12.7. The summed E-state index contributed by atoms with van der Waals surface area (Å²) in [6.45, 7) is 5.74. The molecular weight excluding hydrogens is 324 g/mol. The summed E-state index contributed by atoms with van der Waals surface area (Å²) < 4.78 is 0. The molecule has 1 aliphatic carbocycles. The van der Waals surface area contributed by atoms with E-state index in [0.717, 1.165) is 24.8 Å². The van der Waals surface area contributed by atoms with Gasteiger partial charge in [0, 0.05) is 37.8 Å². The van der Waals surface area contributed by atoms with Crippen LogP contribution in [0.1, 0.15) is 61.7 Å². The van der Waals surface area contributed by atoms with Crippen LogP contribution in [0.4, 0.5) is 5.82 Å². The van der Waals surface area contributed by atoms with Gasteiger partial charge < -0.3 is 15.5 Å². The van der Waals surface area contributed by atoms with Crippen molar-refractivity contribution in [1.82, 2.24) is 9.88 Å². The quantitative estimate of drug-likeness (QED) is 0.901. The zero-order chi connectivity index (χ0) is 18.0. The zero-order valence-corrected chi connectivity index (χ0v) is 15.8. The van der Waals surface area contributed by atoms with Gasteiger partial charge in [-0.3, -0.25) is 4.79 Å². The molecule has 1 amide bonds. The van der Waals surface area contributed by atoms with Crippen LogP contribution in [0.3, 0.4) is 0 Å². The molecule has 3 fully saturated rings. The van der Waals surface area contributed by atoms with Gasteiger partial charge in [-0.25, -0.2) is 4.98 Å². The summed E-state index contributed by atoms with van der Waals surface area (Å²) in [7, 11) is 0. The number of carbonyl (C=O) groups is 1. The van der Waals surface area contributed by atoms with E-state index in [0.29, 0.717) is 11.0 Å². The minimum absolute atomic E-state index is 0.360. The molecule has 142 valence electrons. The number of carbonyl (C=O) groups excluding carboxylic acids is 1. The Hall–Kier alpha value is -1.62. The Balaban J connectivity index is 1.42. The fourth-order valence-electron chi connectivity index (χ4n) is 5.49. The van der Waals surface area contributed by atoms with E-state index in [1.165, 1.54) is 71.0 Å². The molecule has 2 N–H and O–H groups in total.